The van der Waals surface area contributed by atoms with E-state index in [-0.39, 0.29) is 17.5 Å². The Bertz CT molecular complexity index is 415. The van der Waals surface area contributed by atoms with E-state index in [9.17, 15) is 10.1 Å². The Kier molecular flexibility index (Phi) is 6.47. The van der Waals surface area contributed by atoms with E-state index in [1.807, 2.05) is 0 Å². The maximum atomic E-state index is 10.7. The number of nitro groups is 1. The molecular formula is C10H17N5O4. The van der Waals surface area contributed by atoms with Crippen molar-refractivity contribution in [3.63, 3.8) is 0 Å². The highest BCUT2D eigenvalue weighted by atomic mass is 16.6. The van der Waals surface area contributed by atoms with Crippen LogP contribution in [0, 0.1) is 10.1 Å². The minimum absolute atomic E-state index is 0.00977. The lowest BCUT2D eigenvalue weighted by atomic mass is 10.4. The lowest BCUT2D eigenvalue weighted by Crippen LogP contribution is -2.11. The SMILES string of the molecule is COCCOCCCNc1nc(N)ncc1[N+](=O)[O-]. The number of ether oxygens (including phenoxy) is 2. The lowest BCUT2D eigenvalue weighted by molar-refractivity contribution is -0.384. The van der Waals surface area contributed by atoms with Crippen LogP contribution in [0.1, 0.15) is 6.42 Å². The highest BCUT2D eigenvalue weighted by molar-refractivity contribution is 5.56. The summed E-state index contributed by atoms with van der Waals surface area (Å²) < 4.78 is 10.1. The summed E-state index contributed by atoms with van der Waals surface area (Å²) in [5.74, 6) is 0.110. The van der Waals surface area contributed by atoms with Crippen LogP contribution in [-0.4, -0.2) is 48.4 Å². The third-order valence-electron chi connectivity index (χ3n) is 2.17. The number of methoxy groups -OCH3 is 1. The monoisotopic (exact) mass is 271 g/mol. The van der Waals surface area contributed by atoms with Crippen LogP contribution in [0.3, 0.4) is 0 Å². The molecule has 19 heavy (non-hydrogen) atoms. The molecule has 0 aliphatic heterocycles. The number of hydrogen-bond donors (Lipinski definition) is 2. The molecule has 0 saturated carbocycles. The van der Waals surface area contributed by atoms with E-state index >= 15 is 0 Å². The van der Waals surface area contributed by atoms with Gasteiger partial charge >= 0.3 is 5.69 Å². The first-order chi connectivity index (χ1) is 9.15. The zero-order valence-electron chi connectivity index (χ0n) is 10.7. The summed E-state index contributed by atoms with van der Waals surface area (Å²) >= 11 is 0. The summed E-state index contributed by atoms with van der Waals surface area (Å²) in [5, 5.41) is 13.6. The van der Waals surface area contributed by atoms with Crippen molar-refractivity contribution >= 4 is 17.5 Å². The Morgan fingerprint density at radius 2 is 2.26 bits per heavy atom. The maximum Gasteiger partial charge on any atom is 0.329 e. The summed E-state index contributed by atoms with van der Waals surface area (Å²) in [7, 11) is 1.60. The molecule has 1 aromatic rings. The third-order valence-corrected chi connectivity index (χ3v) is 2.17. The molecule has 0 aliphatic carbocycles. The van der Waals surface area contributed by atoms with Gasteiger partial charge in [0.25, 0.3) is 0 Å². The molecule has 9 heteroatoms. The average molecular weight is 271 g/mol. The molecule has 0 unspecified atom stereocenters. The normalized spacial score (nSPS) is 10.4. The third kappa shape index (κ3) is 5.44. The van der Waals surface area contributed by atoms with E-state index in [0.717, 1.165) is 6.20 Å². The fourth-order valence-corrected chi connectivity index (χ4v) is 1.28. The molecule has 0 saturated heterocycles. The number of nitrogen functional groups attached to an aromatic ring is 1. The van der Waals surface area contributed by atoms with Gasteiger partial charge in [-0.15, -0.1) is 0 Å². The second-order valence-electron chi connectivity index (χ2n) is 3.60. The fraction of sp³-hybridized carbons (Fsp3) is 0.600. The Hall–Kier alpha value is -2.00. The quantitative estimate of drug-likeness (QED) is 0.376. The molecule has 106 valence electrons. The van der Waals surface area contributed by atoms with Crippen molar-refractivity contribution in [1.82, 2.24) is 9.97 Å². The van der Waals surface area contributed by atoms with Crippen molar-refractivity contribution in [3.8, 4) is 0 Å². The van der Waals surface area contributed by atoms with Crippen LogP contribution in [0.5, 0.6) is 0 Å². The highest BCUT2D eigenvalue weighted by Gasteiger charge is 2.15. The second-order valence-corrected chi connectivity index (χ2v) is 3.60. The van der Waals surface area contributed by atoms with Gasteiger partial charge < -0.3 is 20.5 Å². The minimum Gasteiger partial charge on any atom is -0.382 e. The number of aromatic nitrogens is 2. The van der Waals surface area contributed by atoms with Crippen molar-refractivity contribution in [2.24, 2.45) is 0 Å². The molecule has 0 spiro atoms. The van der Waals surface area contributed by atoms with Crippen molar-refractivity contribution in [2.75, 3.05) is 44.5 Å². The Balaban J connectivity index is 2.36. The number of nitrogens with zero attached hydrogens (tertiary/aromatic N) is 3. The number of nitrogens with two attached hydrogens (primary N) is 1. The Labute approximate surface area is 110 Å². The predicted octanol–water partition coefficient (Wildman–Crippen LogP) is 0.432. The molecule has 3 N–H and O–H groups in total. The van der Waals surface area contributed by atoms with Gasteiger partial charge in [0.1, 0.15) is 6.20 Å². The number of nitrogens with one attached hydrogen (secondary N) is 1. The fourth-order valence-electron chi connectivity index (χ4n) is 1.28. The number of anilines is 2. The van der Waals surface area contributed by atoms with Crippen LogP contribution in [0.15, 0.2) is 6.20 Å². The first kappa shape index (κ1) is 15.1. The van der Waals surface area contributed by atoms with Gasteiger partial charge in [0, 0.05) is 20.3 Å². The first-order valence-electron chi connectivity index (χ1n) is 5.72. The van der Waals surface area contributed by atoms with Gasteiger partial charge in [0.2, 0.25) is 11.8 Å². The molecule has 0 amide bonds. The molecule has 0 aliphatic rings. The number of hydrogen-bond acceptors (Lipinski definition) is 8. The van der Waals surface area contributed by atoms with E-state index in [1.54, 1.807) is 7.11 Å². The average Bonchev–Trinajstić information content (AvgIpc) is 2.37. The molecule has 1 heterocycles. The van der Waals surface area contributed by atoms with Gasteiger partial charge in [-0.1, -0.05) is 0 Å². The van der Waals surface area contributed by atoms with Crippen molar-refractivity contribution < 1.29 is 14.4 Å². The molecule has 0 radical (unpaired) electrons. The van der Waals surface area contributed by atoms with E-state index in [4.69, 9.17) is 15.2 Å². The molecular weight excluding hydrogens is 254 g/mol. The summed E-state index contributed by atoms with van der Waals surface area (Å²) in [6.07, 6.45) is 1.77. The summed E-state index contributed by atoms with van der Waals surface area (Å²) in [4.78, 5) is 17.6. The van der Waals surface area contributed by atoms with Crippen LogP contribution in [0.2, 0.25) is 0 Å². The maximum absolute atomic E-state index is 10.7. The van der Waals surface area contributed by atoms with Gasteiger partial charge in [-0.3, -0.25) is 10.1 Å². The zero-order valence-corrected chi connectivity index (χ0v) is 10.7. The number of rotatable bonds is 9. The lowest BCUT2D eigenvalue weighted by Gasteiger charge is -2.07. The van der Waals surface area contributed by atoms with Gasteiger partial charge in [0.15, 0.2) is 0 Å². The van der Waals surface area contributed by atoms with Crippen molar-refractivity contribution in [3.05, 3.63) is 16.3 Å². The zero-order chi connectivity index (χ0) is 14.1. The van der Waals surface area contributed by atoms with E-state index < -0.39 is 4.92 Å². The molecule has 0 fully saturated rings. The smallest absolute Gasteiger partial charge is 0.329 e. The highest BCUT2D eigenvalue weighted by Crippen LogP contribution is 2.20. The molecule has 0 atom stereocenters. The largest absolute Gasteiger partial charge is 0.382 e. The predicted molar refractivity (Wildman–Crippen MR) is 68.9 cm³/mol. The van der Waals surface area contributed by atoms with Crippen molar-refractivity contribution in [2.45, 2.75) is 6.42 Å². The Morgan fingerprint density at radius 3 is 2.95 bits per heavy atom. The topological polar surface area (TPSA) is 125 Å². The van der Waals surface area contributed by atoms with Crippen LogP contribution in [-0.2, 0) is 9.47 Å². The standard InChI is InChI=1S/C10H17N5O4/c1-18-5-6-19-4-2-3-12-9-8(15(16)17)7-13-10(11)14-9/h7H,2-6H2,1H3,(H3,11,12,13,14). The molecule has 1 aromatic heterocycles. The van der Waals surface area contributed by atoms with Crippen LogP contribution in [0.25, 0.3) is 0 Å². The van der Waals surface area contributed by atoms with Gasteiger partial charge in [0.05, 0.1) is 18.1 Å². The van der Waals surface area contributed by atoms with E-state index in [0.29, 0.717) is 32.8 Å². The van der Waals surface area contributed by atoms with Crippen LogP contribution < -0.4 is 11.1 Å². The summed E-state index contributed by atoms with van der Waals surface area (Å²) in [6.45, 7) is 2.09. The first-order valence-corrected chi connectivity index (χ1v) is 5.72. The molecule has 9 nitrogen and oxygen atoms in total. The Morgan fingerprint density at radius 1 is 1.47 bits per heavy atom. The van der Waals surface area contributed by atoms with E-state index in [2.05, 4.69) is 15.3 Å². The molecule has 1 rings (SSSR count). The van der Waals surface area contributed by atoms with Crippen molar-refractivity contribution in [1.29, 1.82) is 0 Å². The summed E-state index contributed by atoms with van der Waals surface area (Å²) in [5.41, 5.74) is 5.19. The van der Waals surface area contributed by atoms with Gasteiger partial charge in [-0.05, 0) is 6.42 Å². The molecule has 0 bridgehead atoms. The second kappa shape index (κ2) is 8.16. The van der Waals surface area contributed by atoms with E-state index in [1.165, 1.54) is 0 Å². The minimum atomic E-state index is -0.559. The van der Waals surface area contributed by atoms with Crippen LogP contribution in [0.4, 0.5) is 17.5 Å². The molecule has 0 aromatic carbocycles. The van der Waals surface area contributed by atoms with Crippen LogP contribution >= 0.6 is 0 Å². The summed E-state index contributed by atoms with van der Waals surface area (Å²) in [6, 6.07) is 0. The van der Waals surface area contributed by atoms with Gasteiger partial charge in [-0.25, -0.2) is 4.98 Å². The van der Waals surface area contributed by atoms with Gasteiger partial charge in [-0.2, -0.15) is 4.98 Å².